The number of thiazole rings is 1. The molecule has 1 aromatic carbocycles. The molecule has 2 rings (SSSR count). The Morgan fingerprint density at radius 1 is 1.36 bits per heavy atom. The lowest BCUT2D eigenvalue weighted by atomic mass is 9.93. The van der Waals surface area contributed by atoms with Crippen molar-refractivity contribution in [1.29, 1.82) is 0 Å². The number of ether oxygens (including phenoxy) is 1. The van der Waals surface area contributed by atoms with E-state index in [0.29, 0.717) is 11.6 Å². The molecule has 2 N–H and O–H groups in total. The molecule has 2 aromatic rings. The Balaban J connectivity index is 2.26. The zero-order valence-electron chi connectivity index (χ0n) is 13.5. The van der Waals surface area contributed by atoms with Crippen LogP contribution in [0.5, 0.6) is 5.75 Å². The molecule has 22 heavy (non-hydrogen) atoms. The van der Waals surface area contributed by atoms with Gasteiger partial charge in [-0.05, 0) is 30.2 Å². The van der Waals surface area contributed by atoms with Crippen molar-refractivity contribution >= 4 is 22.9 Å². The van der Waals surface area contributed by atoms with Crippen LogP contribution >= 0.6 is 22.9 Å². The molecule has 0 aliphatic rings. The third kappa shape index (κ3) is 4.00. The SMILES string of the molecule is COc1ccc(Cl)cc1CC(CN)c1nc(C(C)(C)C)cs1. The fraction of sp³-hybridized carbons (Fsp3) is 0.471. The monoisotopic (exact) mass is 338 g/mol. The average molecular weight is 339 g/mol. The lowest BCUT2D eigenvalue weighted by Gasteiger charge is -2.17. The molecule has 0 radical (unpaired) electrons. The van der Waals surface area contributed by atoms with Gasteiger partial charge >= 0.3 is 0 Å². The van der Waals surface area contributed by atoms with Crippen LogP contribution in [0.4, 0.5) is 0 Å². The van der Waals surface area contributed by atoms with Crippen molar-refractivity contribution in [1.82, 2.24) is 4.98 Å². The van der Waals surface area contributed by atoms with Gasteiger partial charge in [0.2, 0.25) is 0 Å². The summed E-state index contributed by atoms with van der Waals surface area (Å²) in [6.07, 6.45) is 0.775. The molecule has 5 heteroatoms. The van der Waals surface area contributed by atoms with E-state index in [1.807, 2.05) is 18.2 Å². The maximum atomic E-state index is 6.11. The van der Waals surface area contributed by atoms with Gasteiger partial charge in [0.1, 0.15) is 5.75 Å². The number of benzene rings is 1. The average Bonchev–Trinajstić information content (AvgIpc) is 2.94. The number of rotatable bonds is 5. The van der Waals surface area contributed by atoms with Crippen molar-refractivity contribution in [2.75, 3.05) is 13.7 Å². The predicted molar refractivity (Wildman–Crippen MR) is 94.3 cm³/mol. The molecule has 0 bridgehead atoms. The summed E-state index contributed by atoms with van der Waals surface area (Å²) in [7, 11) is 1.67. The van der Waals surface area contributed by atoms with Crippen LogP contribution in [0.15, 0.2) is 23.6 Å². The van der Waals surface area contributed by atoms with Crippen LogP contribution in [-0.4, -0.2) is 18.6 Å². The molecule has 0 saturated heterocycles. The van der Waals surface area contributed by atoms with E-state index >= 15 is 0 Å². The fourth-order valence-corrected chi connectivity index (χ4v) is 3.62. The normalized spacial score (nSPS) is 13.2. The van der Waals surface area contributed by atoms with Crippen molar-refractivity contribution in [2.24, 2.45) is 5.73 Å². The Bertz CT molecular complexity index is 634. The second-order valence-corrected chi connectivity index (χ2v) is 7.74. The molecule has 1 atom stereocenters. The van der Waals surface area contributed by atoms with Gasteiger partial charge in [-0.1, -0.05) is 32.4 Å². The Morgan fingerprint density at radius 2 is 2.09 bits per heavy atom. The van der Waals surface area contributed by atoms with Crippen LogP contribution in [0.1, 0.15) is 43.0 Å². The molecule has 3 nitrogen and oxygen atoms in total. The van der Waals surface area contributed by atoms with Crippen LogP contribution in [0.25, 0.3) is 0 Å². The maximum absolute atomic E-state index is 6.11. The predicted octanol–water partition coefficient (Wildman–Crippen LogP) is 4.39. The zero-order valence-corrected chi connectivity index (χ0v) is 15.1. The highest BCUT2D eigenvalue weighted by Gasteiger charge is 2.22. The lowest BCUT2D eigenvalue weighted by molar-refractivity contribution is 0.408. The van der Waals surface area contributed by atoms with Crippen molar-refractivity contribution < 1.29 is 4.74 Å². The van der Waals surface area contributed by atoms with E-state index in [9.17, 15) is 0 Å². The van der Waals surface area contributed by atoms with Gasteiger partial charge in [-0.2, -0.15) is 0 Å². The van der Waals surface area contributed by atoms with E-state index in [1.54, 1.807) is 18.4 Å². The molecule has 120 valence electrons. The van der Waals surface area contributed by atoms with Gasteiger partial charge in [-0.3, -0.25) is 0 Å². The first-order chi connectivity index (χ1) is 10.3. The van der Waals surface area contributed by atoms with Crippen LogP contribution in [0, 0.1) is 0 Å². The Hall–Kier alpha value is -1.10. The minimum Gasteiger partial charge on any atom is -0.496 e. The van der Waals surface area contributed by atoms with E-state index in [2.05, 4.69) is 26.2 Å². The van der Waals surface area contributed by atoms with E-state index in [0.717, 1.165) is 28.4 Å². The Morgan fingerprint density at radius 3 is 2.64 bits per heavy atom. The molecule has 0 amide bonds. The summed E-state index contributed by atoms with van der Waals surface area (Å²) in [6, 6.07) is 5.68. The molecule has 1 heterocycles. The molecule has 0 fully saturated rings. The van der Waals surface area contributed by atoms with Crippen LogP contribution in [0.3, 0.4) is 0 Å². The van der Waals surface area contributed by atoms with Gasteiger partial charge in [0.25, 0.3) is 0 Å². The number of methoxy groups -OCH3 is 1. The Kier molecular flexibility index (Phi) is 5.48. The van der Waals surface area contributed by atoms with Gasteiger partial charge in [0, 0.05) is 28.3 Å². The standard InChI is InChI=1S/C17H23ClN2OS/c1-17(2,3)15-10-22-16(20-15)12(9-19)7-11-8-13(18)5-6-14(11)21-4/h5-6,8,10,12H,7,9,19H2,1-4H3. The second kappa shape index (κ2) is 6.99. The van der Waals surface area contributed by atoms with E-state index < -0.39 is 0 Å². The first-order valence-electron chi connectivity index (χ1n) is 7.33. The van der Waals surface area contributed by atoms with Gasteiger partial charge < -0.3 is 10.5 Å². The third-order valence-corrected chi connectivity index (χ3v) is 4.88. The van der Waals surface area contributed by atoms with E-state index in [-0.39, 0.29) is 11.3 Å². The van der Waals surface area contributed by atoms with Crippen molar-refractivity contribution in [3.8, 4) is 5.75 Å². The zero-order chi connectivity index (χ0) is 16.3. The molecular weight excluding hydrogens is 316 g/mol. The highest BCUT2D eigenvalue weighted by molar-refractivity contribution is 7.09. The minimum absolute atomic E-state index is 0.0572. The van der Waals surface area contributed by atoms with Crippen molar-refractivity contribution in [2.45, 2.75) is 38.5 Å². The highest BCUT2D eigenvalue weighted by Crippen LogP contribution is 2.32. The van der Waals surface area contributed by atoms with E-state index in [4.69, 9.17) is 27.1 Å². The number of nitrogens with zero attached hydrogens (tertiary/aromatic N) is 1. The van der Waals surface area contributed by atoms with Gasteiger partial charge in [0.15, 0.2) is 0 Å². The summed E-state index contributed by atoms with van der Waals surface area (Å²) in [5, 5.41) is 3.92. The lowest BCUT2D eigenvalue weighted by Crippen LogP contribution is -2.17. The largest absolute Gasteiger partial charge is 0.496 e. The number of nitrogens with two attached hydrogens (primary N) is 1. The highest BCUT2D eigenvalue weighted by atomic mass is 35.5. The first-order valence-corrected chi connectivity index (χ1v) is 8.59. The maximum Gasteiger partial charge on any atom is 0.122 e. The number of aromatic nitrogens is 1. The minimum atomic E-state index is 0.0572. The second-order valence-electron chi connectivity index (χ2n) is 6.41. The number of hydrogen-bond acceptors (Lipinski definition) is 4. The summed E-state index contributed by atoms with van der Waals surface area (Å²) >= 11 is 7.79. The van der Waals surface area contributed by atoms with Crippen LogP contribution in [0.2, 0.25) is 5.02 Å². The smallest absolute Gasteiger partial charge is 0.122 e. The summed E-state index contributed by atoms with van der Waals surface area (Å²) in [5.74, 6) is 1.02. The number of halogens is 1. The fourth-order valence-electron chi connectivity index (χ4n) is 2.26. The molecule has 1 aromatic heterocycles. The first kappa shape index (κ1) is 17.3. The van der Waals surface area contributed by atoms with E-state index in [1.165, 1.54) is 0 Å². The number of hydrogen-bond donors (Lipinski definition) is 1. The summed E-state index contributed by atoms with van der Waals surface area (Å²) in [6.45, 7) is 7.06. The molecule has 1 unspecified atom stereocenters. The molecular formula is C17H23ClN2OS. The topological polar surface area (TPSA) is 48.1 Å². The van der Waals surface area contributed by atoms with Gasteiger partial charge in [-0.15, -0.1) is 11.3 Å². The van der Waals surface area contributed by atoms with Crippen LogP contribution < -0.4 is 10.5 Å². The van der Waals surface area contributed by atoms with Gasteiger partial charge in [0.05, 0.1) is 17.8 Å². The summed E-state index contributed by atoms with van der Waals surface area (Å²) < 4.78 is 5.42. The molecule has 0 aliphatic heterocycles. The molecule has 0 saturated carbocycles. The van der Waals surface area contributed by atoms with Crippen molar-refractivity contribution in [3.63, 3.8) is 0 Å². The third-order valence-electron chi connectivity index (χ3n) is 3.63. The quantitative estimate of drug-likeness (QED) is 0.879. The molecule has 0 spiro atoms. The summed E-state index contributed by atoms with van der Waals surface area (Å²) in [4.78, 5) is 4.79. The summed E-state index contributed by atoms with van der Waals surface area (Å²) in [5.41, 5.74) is 8.23. The molecule has 0 aliphatic carbocycles. The Labute approximate surface area is 141 Å². The van der Waals surface area contributed by atoms with Crippen molar-refractivity contribution in [3.05, 3.63) is 44.9 Å². The van der Waals surface area contributed by atoms with Crippen LogP contribution in [-0.2, 0) is 11.8 Å². The van der Waals surface area contributed by atoms with Gasteiger partial charge in [-0.25, -0.2) is 4.98 Å².